The van der Waals surface area contributed by atoms with Crippen LogP contribution < -0.4 is 4.90 Å². The number of carbonyl (C=O) groups excluding carboxylic acids is 1. The van der Waals surface area contributed by atoms with E-state index in [9.17, 15) is 13.2 Å². The van der Waals surface area contributed by atoms with Gasteiger partial charge in [-0.15, -0.1) is 0 Å². The third-order valence-corrected chi connectivity index (χ3v) is 5.00. The molecule has 17 heavy (non-hydrogen) atoms. The third-order valence-electron chi connectivity index (χ3n) is 2.52. The van der Waals surface area contributed by atoms with Gasteiger partial charge in [-0.3, -0.25) is 4.79 Å². The van der Waals surface area contributed by atoms with E-state index in [2.05, 4.69) is 20.9 Å². The summed E-state index contributed by atoms with van der Waals surface area (Å²) < 4.78 is 22.9. The fourth-order valence-corrected chi connectivity index (χ4v) is 3.17. The van der Waals surface area contributed by atoms with Crippen LogP contribution in [0.25, 0.3) is 0 Å². The van der Waals surface area contributed by atoms with Crippen LogP contribution in [0.2, 0.25) is 0 Å². The van der Waals surface area contributed by atoms with Crippen molar-refractivity contribution >= 4 is 47.3 Å². The Bertz CT molecular complexity index is 563. The highest BCUT2D eigenvalue weighted by Crippen LogP contribution is 2.30. The van der Waals surface area contributed by atoms with Crippen molar-refractivity contribution in [3.8, 4) is 0 Å². The molecule has 1 saturated heterocycles. The number of hydrogen-bond donors (Lipinski definition) is 0. The molecule has 0 aromatic carbocycles. The van der Waals surface area contributed by atoms with Crippen LogP contribution in [0.1, 0.15) is 6.42 Å². The largest absolute Gasteiger partial charge is 0.308 e. The molecule has 0 radical (unpaired) electrons. The Morgan fingerprint density at radius 3 is 2.76 bits per heavy atom. The van der Waals surface area contributed by atoms with E-state index in [1.54, 1.807) is 18.3 Å². The minimum absolute atomic E-state index is 0.0644. The zero-order valence-electron chi connectivity index (χ0n) is 8.51. The summed E-state index contributed by atoms with van der Waals surface area (Å²) in [4.78, 5) is 17.1. The molecule has 2 heterocycles. The number of amides is 1. The number of nitrogens with zero attached hydrogens (tertiary/aromatic N) is 2. The monoisotopic (exact) mass is 338 g/mol. The van der Waals surface area contributed by atoms with Gasteiger partial charge in [0.25, 0.3) is 0 Å². The maximum Gasteiger partial charge on any atom is 0.237 e. The van der Waals surface area contributed by atoms with E-state index in [1.807, 2.05) is 0 Å². The molecule has 2 rings (SSSR count). The summed E-state index contributed by atoms with van der Waals surface area (Å²) in [5.41, 5.74) is 0.556. The fourth-order valence-electron chi connectivity index (χ4n) is 1.68. The predicted molar refractivity (Wildman–Crippen MR) is 67.5 cm³/mol. The van der Waals surface area contributed by atoms with E-state index >= 15 is 0 Å². The van der Waals surface area contributed by atoms with E-state index in [0.717, 1.165) is 0 Å². The lowest BCUT2D eigenvalue weighted by Gasteiger charge is -2.16. The van der Waals surface area contributed by atoms with E-state index in [0.29, 0.717) is 10.3 Å². The molecule has 8 heteroatoms. The minimum Gasteiger partial charge on any atom is -0.308 e. The quantitative estimate of drug-likeness (QED) is 0.605. The molecule has 1 aliphatic rings. The van der Waals surface area contributed by atoms with Crippen LogP contribution in [0, 0.1) is 0 Å². The molecule has 1 atom stereocenters. The van der Waals surface area contributed by atoms with Gasteiger partial charge in [-0.25, -0.2) is 13.4 Å². The van der Waals surface area contributed by atoms with Crippen molar-refractivity contribution in [2.24, 2.45) is 0 Å². The van der Waals surface area contributed by atoms with Crippen LogP contribution in [-0.2, 0) is 13.8 Å². The van der Waals surface area contributed by atoms with Gasteiger partial charge in [0, 0.05) is 29.8 Å². The number of aromatic nitrogens is 1. The second-order valence-corrected chi connectivity index (χ2v) is 7.28. The first kappa shape index (κ1) is 12.8. The smallest absolute Gasteiger partial charge is 0.237 e. The molecule has 1 fully saturated rings. The second-order valence-electron chi connectivity index (χ2n) is 3.62. The van der Waals surface area contributed by atoms with Crippen molar-refractivity contribution in [3.05, 3.63) is 22.9 Å². The Balaban J connectivity index is 2.31. The average Bonchev–Trinajstić information content (AvgIpc) is 2.61. The van der Waals surface area contributed by atoms with Gasteiger partial charge in [0.1, 0.15) is 9.85 Å². The molecule has 0 aliphatic carbocycles. The zero-order chi connectivity index (χ0) is 12.6. The van der Waals surface area contributed by atoms with Crippen molar-refractivity contribution in [1.82, 2.24) is 4.98 Å². The van der Waals surface area contributed by atoms with Gasteiger partial charge in [-0.05, 0) is 28.1 Å². The van der Waals surface area contributed by atoms with Gasteiger partial charge < -0.3 is 4.90 Å². The highest BCUT2D eigenvalue weighted by Gasteiger charge is 2.38. The molecule has 0 bridgehead atoms. The highest BCUT2D eigenvalue weighted by molar-refractivity contribution is 9.10. The zero-order valence-corrected chi connectivity index (χ0v) is 11.7. The Morgan fingerprint density at radius 1 is 1.53 bits per heavy atom. The molecule has 0 N–H and O–H groups in total. The topological polar surface area (TPSA) is 67.3 Å². The summed E-state index contributed by atoms with van der Waals surface area (Å²) in [6.45, 7) is 0.0644. The third kappa shape index (κ3) is 2.61. The molecule has 5 nitrogen and oxygen atoms in total. The molecule has 1 amide bonds. The SMILES string of the molecule is O=C1CC(S(=O)(=O)Cl)CN1c1cccnc1Br. The molecule has 0 saturated carbocycles. The van der Waals surface area contributed by atoms with Gasteiger partial charge in [-0.1, -0.05) is 0 Å². The molecular weight excluding hydrogens is 332 g/mol. The first-order chi connectivity index (χ1) is 7.89. The maximum atomic E-state index is 11.7. The van der Waals surface area contributed by atoms with Crippen molar-refractivity contribution in [1.29, 1.82) is 0 Å². The number of halogens is 2. The van der Waals surface area contributed by atoms with Crippen molar-refractivity contribution in [2.75, 3.05) is 11.4 Å². The minimum atomic E-state index is -3.72. The highest BCUT2D eigenvalue weighted by atomic mass is 79.9. The normalized spacial score (nSPS) is 20.9. The Labute approximate surface area is 111 Å². The predicted octanol–water partition coefficient (Wildman–Crippen LogP) is 1.52. The van der Waals surface area contributed by atoms with Crippen LogP contribution in [0.3, 0.4) is 0 Å². The number of carbonyl (C=O) groups is 1. The molecule has 1 aliphatic heterocycles. The summed E-state index contributed by atoms with van der Waals surface area (Å²) in [5, 5.41) is -0.858. The number of hydrogen-bond acceptors (Lipinski definition) is 4. The van der Waals surface area contributed by atoms with E-state index in [-0.39, 0.29) is 18.9 Å². The van der Waals surface area contributed by atoms with Crippen LogP contribution in [0.5, 0.6) is 0 Å². The second kappa shape index (κ2) is 4.55. The van der Waals surface area contributed by atoms with E-state index in [1.165, 1.54) is 4.90 Å². The lowest BCUT2D eigenvalue weighted by molar-refractivity contribution is -0.117. The van der Waals surface area contributed by atoms with Crippen LogP contribution >= 0.6 is 26.6 Å². The van der Waals surface area contributed by atoms with Gasteiger partial charge in [0.15, 0.2) is 0 Å². The fraction of sp³-hybridized carbons (Fsp3) is 0.333. The van der Waals surface area contributed by atoms with Gasteiger partial charge >= 0.3 is 0 Å². The lowest BCUT2D eigenvalue weighted by Crippen LogP contribution is -2.27. The number of anilines is 1. The summed E-state index contributed by atoms with van der Waals surface area (Å²) in [5.74, 6) is -0.270. The summed E-state index contributed by atoms with van der Waals surface area (Å²) in [7, 11) is 1.55. The Kier molecular flexibility index (Phi) is 3.42. The van der Waals surface area contributed by atoms with Gasteiger partial charge in [0.2, 0.25) is 15.0 Å². The molecule has 0 spiro atoms. The summed E-state index contributed by atoms with van der Waals surface area (Å²) in [6, 6.07) is 3.37. The average molecular weight is 340 g/mol. The molecule has 1 aromatic heterocycles. The Hall–Kier alpha value is -0.660. The summed E-state index contributed by atoms with van der Waals surface area (Å²) in [6.07, 6.45) is 1.48. The van der Waals surface area contributed by atoms with Crippen molar-refractivity contribution < 1.29 is 13.2 Å². The number of rotatable bonds is 2. The molecule has 1 unspecified atom stereocenters. The van der Waals surface area contributed by atoms with E-state index in [4.69, 9.17) is 10.7 Å². The maximum absolute atomic E-state index is 11.7. The standard InChI is InChI=1S/C9H8BrClN2O3S/c10-9-7(2-1-3-12-9)13-5-6(4-8(13)14)17(11,15)16/h1-3,6H,4-5H2. The molecule has 92 valence electrons. The van der Waals surface area contributed by atoms with Crippen molar-refractivity contribution in [2.45, 2.75) is 11.7 Å². The van der Waals surface area contributed by atoms with Crippen LogP contribution in [0.15, 0.2) is 22.9 Å². The summed E-state index contributed by atoms with van der Waals surface area (Å²) >= 11 is 3.22. The number of pyridine rings is 1. The van der Waals surface area contributed by atoms with E-state index < -0.39 is 14.3 Å². The van der Waals surface area contributed by atoms with Gasteiger partial charge in [-0.2, -0.15) is 0 Å². The van der Waals surface area contributed by atoms with Crippen molar-refractivity contribution in [3.63, 3.8) is 0 Å². The van der Waals surface area contributed by atoms with Crippen LogP contribution in [-0.4, -0.2) is 31.1 Å². The first-order valence-corrected chi connectivity index (χ1v) is 7.90. The van der Waals surface area contributed by atoms with Gasteiger partial charge in [0.05, 0.1) is 5.69 Å². The molecular formula is C9H8BrClN2O3S. The first-order valence-electron chi connectivity index (χ1n) is 4.74. The Morgan fingerprint density at radius 2 is 2.24 bits per heavy atom. The molecule has 1 aromatic rings. The lowest BCUT2D eigenvalue weighted by atomic mass is 10.4. The van der Waals surface area contributed by atoms with Crippen LogP contribution in [0.4, 0.5) is 5.69 Å².